The van der Waals surface area contributed by atoms with Crippen molar-refractivity contribution in [1.29, 1.82) is 0 Å². The van der Waals surface area contributed by atoms with Gasteiger partial charge in [-0.2, -0.15) is 5.10 Å². The van der Waals surface area contributed by atoms with E-state index < -0.39 is 6.04 Å². The van der Waals surface area contributed by atoms with E-state index in [4.69, 9.17) is 14.6 Å². The third kappa shape index (κ3) is 5.23. The van der Waals surface area contributed by atoms with Crippen LogP contribution in [-0.2, 0) is 27.1 Å². The first-order valence-corrected chi connectivity index (χ1v) is 12.7. The van der Waals surface area contributed by atoms with Gasteiger partial charge in [0.2, 0.25) is 0 Å². The Hall–Kier alpha value is -3.69. The number of hydrogen-bond donors (Lipinski definition) is 2. The maximum Gasteiger partial charge on any atom is 0.325 e. The van der Waals surface area contributed by atoms with Crippen molar-refractivity contribution >= 4 is 17.8 Å². The first kappa shape index (κ1) is 25.0. The fraction of sp³-hybridized carbons (Fsp3) is 0.393. The molecule has 37 heavy (non-hydrogen) atoms. The average Bonchev–Trinajstić information content (AvgIpc) is 3.64. The molecule has 2 amide bonds. The van der Waals surface area contributed by atoms with Crippen molar-refractivity contribution in [1.82, 2.24) is 20.0 Å². The van der Waals surface area contributed by atoms with Crippen molar-refractivity contribution in [3.8, 4) is 5.69 Å². The SMILES string of the molecule is COCC(C(=O)OC)N1C[C@@H](NC(=O)Nc2c3c(nn2-c2ccccc2)CCC3)[C@H](c2ccccc2)C1. The lowest BCUT2D eigenvalue weighted by Gasteiger charge is -2.25. The molecule has 9 heteroatoms. The standard InChI is InChI=1S/C28H33N5O4/c1-36-18-25(27(34)37-2)32-16-22(19-10-5-3-6-11-19)24(17-32)29-28(35)30-26-21-14-9-15-23(21)31-33(26)20-12-7-4-8-13-20/h3-8,10-13,22,24-25H,9,14-18H2,1-2H3,(H2,29,30,35)/t22-,24+,25?/m0/s1. The van der Waals surface area contributed by atoms with E-state index in [9.17, 15) is 9.59 Å². The van der Waals surface area contributed by atoms with E-state index in [1.165, 1.54) is 7.11 Å². The summed E-state index contributed by atoms with van der Waals surface area (Å²) in [7, 11) is 2.95. The maximum absolute atomic E-state index is 13.4. The van der Waals surface area contributed by atoms with Crippen LogP contribution in [0.2, 0.25) is 0 Å². The van der Waals surface area contributed by atoms with Gasteiger partial charge in [0.05, 0.1) is 31.1 Å². The molecule has 1 unspecified atom stereocenters. The lowest BCUT2D eigenvalue weighted by atomic mass is 9.94. The Morgan fingerprint density at radius 2 is 1.76 bits per heavy atom. The monoisotopic (exact) mass is 503 g/mol. The predicted octanol–water partition coefficient (Wildman–Crippen LogP) is 3.14. The Labute approximate surface area is 216 Å². The second-order valence-corrected chi connectivity index (χ2v) is 9.55. The Bertz CT molecular complexity index is 1230. The number of carbonyl (C=O) groups excluding carboxylic acids is 2. The molecule has 0 radical (unpaired) electrons. The van der Waals surface area contributed by atoms with Crippen molar-refractivity contribution in [3.63, 3.8) is 0 Å². The third-order valence-corrected chi connectivity index (χ3v) is 7.27. The van der Waals surface area contributed by atoms with Gasteiger partial charge in [-0.1, -0.05) is 48.5 Å². The molecule has 5 rings (SSSR count). The number of aromatic nitrogens is 2. The Morgan fingerprint density at radius 3 is 2.46 bits per heavy atom. The summed E-state index contributed by atoms with van der Waals surface area (Å²) in [6.07, 6.45) is 2.83. The molecule has 2 heterocycles. The van der Waals surface area contributed by atoms with Crippen LogP contribution >= 0.6 is 0 Å². The zero-order valence-electron chi connectivity index (χ0n) is 21.2. The summed E-state index contributed by atoms with van der Waals surface area (Å²) in [5.74, 6) is 0.371. The number of aryl methyl sites for hydroxylation is 1. The van der Waals surface area contributed by atoms with Crippen LogP contribution < -0.4 is 10.6 Å². The van der Waals surface area contributed by atoms with E-state index in [2.05, 4.69) is 22.8 Å². The summed E-state index contributed by atoms with van der Waals surface area (Å²) in [5.41, 5.74) is 4.14. The number of hydrogen-bond acceptors (Lipinski definition) is 6. The predicted molar refractivity (Wildman–Crippen MR) is 140 cm³/mol. The van der Waals surface area contributed by atoms with Gasteiger partial charge in [-0.25, -0.2) is 9.48 Å². The fourth-order valence-electron chi connectivity index (χ4n) is 5.48. The molecule has 1 saturated heterocycles. The van der Waals surface area contributed by atoms with Gasteiger partial charge in [0.25, 0.3) is 0 Å². The number of para-hydroxylation sites is 1. The summed E-state index contributed by atoms with van der Waals surface area (Å²) >= 11 is 0. The molecule has 9 nitrogen and oxygen atoms in total. The van der Waals surface area contributed by atoms with Crippen molar-refractivity contribution in [3.05, 3.63) is 77.5 Å². The Balaban J connectivity index is 1.38. The highest BCUT2D eigenvalue weighted by Gasteiger charge is 2.40. The van der Waals surface area contributed by atoms with Gasteiger partial charge in [0.1, 0.15) is 11.9 Å². The summed E-state index contributed by atoms with van der Waals surface area (Å²) in [5, 5.41) is 11.1. The molecule has 2 N–H and O–H groups in total. The van der Waals surface area contributed by atoms with Crippen LogP contribution in [-0.4, -0.2) is 72.7 Å². The highest BCUT2D eigenvalue weighted by molar-refractivity contribution is 5.90. The zero-order valence-corrected chi connectivity index (χ0v) is 21.2. The molecule has 1 aromatic heterocycles. The quantitative estimate of drug-likeness (QED) is 0.459. The molecular weight excluding hydrogens is 470 g/mol. The van der Waals surface area contributed by atoms with Crippen LogP contribution in [0.15, 0.2) is 60.7 Å². The summed E-state index contributed by atoms with van der Waals surface area (Å²) in [6.45, 7) is 1.30. The highest BCUT2D eigenvalue weighted by atomic mass is 16.5. The first-order chi connectivity index (χ1) is 18.1. The number of nitrogens with one attached hydrogen (secondary N) is 2. The number of carbonyl (C=O) groups is 2. The van der Waals surface area contributed by atoms with E-state index in [0.29, 0.717) is 18.9 Å². The molecule has 2 aromatic carbocycles. The second-order valence-electron chi connectivity index (χ2n) is 9.55. The average molecular weight is 504 g/mol. The highest BCUT2D eigenvalue weighted by Crippen LogP contribution is 2.32. The van der Waals surface area contributed by atoms with Gasteiger partial charge >= 0.3 is 12.0 Å². The number of likely N-dealkylation sites (tertiary alicyclic amines) is 1. The minimum absolute atomic E-state index is 0.000659. The van der Waals surface area contributed by atoms with Crippen LogP contribution in [0.3, 0.4) is 0 Å². The third-order valence-electron chi connectivity index (χ3n) is 7.27. The number of urea groups is 1. The Morgan fingerprint density at radius 1 is 1.03 bits per heavy atom. The van der Waals surface area contributed by atoms with Gasteiger partial charge in [-0.3, -0.25) is 15.0 Å². The van der Waals surface area contributed by atoms with Crippen LogP contribution in [0.1, 0.15) is 29.2 Å². The minimum atomic E-state index is -0.543. The maximum atomic E-state index is 13.4. The van der Waals surface area contributed by atoms with Crippen LogP contribution in [0.25, 0.3) is 5.69 Å². The normalized spacial score (nSPS) is 19.8. The Kier molecular flexibility index (Phi) is 7.52. The van der Waals surface area contributed by atoms with E-state index in [0.717, 1.165) is 41.8 Å². The number of amides is 2. The van der Waals surface area contributed by atoms with Gasteiger partial charge in [-0.15, -0.1) is 0 Å². The molecular formula is C28H33N5O4. The van der Waals surface area contributed by atoms with Gasteiger partial charge in [-0.05, 0) is 37.0 Å². The molecule has 3 aromatic rings. The van der Waals surface area contributed by atoms with Gasteiger partial charge in [0, 0.05) is 31.7 Å². The number of rotatable bonds is 8. The van der Waals surface area contributed by atoms with E-state index in [1.807, 2.05) is 58.1 Å². The van der Waals surface area contributed by atoms with Crippen molar-refractivity contribution in [2.75, 3.05) is 39.2 Å². The molecule has 1 fully saturated rings. The zero-order chi connectivity index (χ0) is 25.8. The summed E-state index contributed by atoms with van der Waals surface area (Å²) in [6, 6.07) is 18.9. The summed E-state index contributed by atoms with van der Waals surface area (Å²) in [4.78, 5) is 28.0. The molecule has 3 atom stereocenters. The molecule has 194 valence electrons. The van der Waals surface area contributed by atoms with Gasteiger partial charge in [0.15, 0.2) is 0 Å². The minimum Gasteiger partial charge on any atom is -0.468 e. The topological polar surface area (TPSA) is 97.7 Å². The number of esters is 1. The number of anilines is 1. The molecule has 0 spiro atoms. The number of nitrogens with zero attached hydrogens (tertiary/aromatic N) is 3. The first-order valence-electron chi connectivity index (χ1n) is 12.7. The van der Waals surface area contributed by atoms with Crippen molar-refractivity contribution < 1.29 is 19.1 Å². The largest absolute Gasteiger partial charge is 0.468 e. The van der Waals surface area contributed by atoms with E-state index >= 15 is 0 Å². The number of benzene rings is 2. The van der Waals surface area contributed by atoms with Crippen LogP contribution in [0.5, 0.6) is 0 Å². The van der Waals surface area contributed by atoms with Crippen LogP contribution in [0, 0.1) is 0 Å². The van der Waals surface area contributed by atoms with Crippen molar-refractivity contribution in [2.24, 2.45) is 0 Å². The molecule has 0 bridgehead atoms. The van der Waals surface area contributed by atoms with Gasteiger partial charge < -0.3 is 14.8 Å². The fourth-order valence-corrected chi connectivity index (χ4v) is 5.48. The molecule has 0 saturated carbocycles. The lowest BCUT2D eigenvalue weighted by Crippen LogP contribution is -2.46. The summed E-state index contributed by atoms with van der Waals surface area (Å²) < 4.78 is 12.2. The van der Waals surface area contributed by atoms with E-state index in [1.54, 1.807) is 7.11 Å². The van der Waals surface area contributed by atoms with E-state index in [-0.39, 0.29) is 30.6 Å². The molecule has 2 aliphatic rings. The number of ether oxygens (including phenoxy) is 2. The number of fused-ring (bicyclic) bond motifs is 1. The molecule has 1 aliphatic heterocycles. The van der Waals surface area contributed by atoms with Crippen LogP contribution in [0.4, 0.5) is 10.6 Å². The lowest BCUT2D eigenvalue weighted by molar-refractivity contribution is -0.148. The number of methoxy groups -OCH3 is 2. The van der Waals surface area contributed by atoms with Crippen molar-refractivity contribution in [2.45, 2.75) is 37.3 Å². The smallest absolute Gasteiger partial charge is 0.325 e. The molecule has 1 aliphatic carbocycles. The second kappa shape index (κ2) is 11.1.